The summed E-state index contributed by atoms with van der Waals surface area (Å²) >= 11 is 0. The van der Waals surface area contributed by atoms with E-state index in [1.54, 1.807) is 12.3 Å². The lowest BCUT2D eigenvalue weighted by molar-refractivity contribution is -0.146. The molecule has 1 heterocycles. The fourth-order valence-electron chi connectivity index (χ4n) is 1.10. The zero-order chi connectivity index (χ0) is 11.8. The van der Waals surface area contributed by atoms with Crippen molar-refractivity contribution in [1.82, 2.24) is 9.78 Å². The third kappa shape index (κ3) is 4.79. The Morgan fingerprint density at radius 3 is 2.94 bits per heavy atom. The van der Waals surface area contributed by atoms with Gasteiger partial charge in [0.05, 0.1) is 6.61 Å². The van der Waals surface area contributed by atoms with Gasteiger partial charge in [-0.25, -0.2) is 0 Å². The monoisotopic (exact) mass is 227 g/mol. The van der Waals surface area contributed by atoms with E-state index in [1.807, 2.05) is 6.92 Å². The molecule has 0 aliphatic rings. The van der Waals surface area contributed by atoms with Gasteiger partial charge in [0.25, 0.3) is 0 Å². The maximum atomic E-state index is 11.3. The van der Waals surface area contributed by atoms with Gasteiger partial charge in [-0.1, -0.05) is 6.92 Å². The summed E-state index contributed by atoms with van der Waals surface area (Å²) in [6.45, 7) is 3.49. The predicted molar refractivity (Wildman–Crippen MR) is 58.7 cm³/mol. The molecule has 6 heteroatoms. The summed E-state index contributed by atoms with van der Waals surface area (Å²) in [5, 5.41) is 3.87. The number of carbonyl (C=O) groups excluding carboxylic acids is 1. The van der Waals surface area contributed by atoms with Crippen molar-refractivity contribution in [2.75, 3.05) is 25.6 Å². The number of nitrogen functional groups attached to an aromatic ring is 1. The van der Waals surface area contributed by atoms with Crippen molar-refractivity contribution < 1.29 is 14.3 Å². The first kappa shape index (κ1) is 12.5. The molecule has 0 spiro atoms. The van der Waals surface area contributed by atoms with Gasteiger partial charge in [-0.05, 0) is 12.5 Å². The van der Waals surface area contributed by atoms with Crippen LogP contribution in [0.5, 0.6) is 0 Å². The summed E-state index contributed by atoms with van der Waals surface area (Å²) in [4.78, 5) is 11.3. The number of hydrogen-bond acceptors (Lipinski definition) is 5. The molecule has 0 aromatic carbocycles. The van der Waals surface area contributed by atoms with E-state index >= 15 is 0 Å². The fraction of sp³-hybridized carbons (Fsp3) is 0.600. The van der Waals surface area contributed by atoms with Gasteiger partial charge >= 0.3 is 5.97 Å². The molecule has 6 nitrogen and oxygen atoms in total. The highest BCUT2D eigenvalue weighted by atomic mass is 16.6. The van der Waals surface area contributed by atoms with Gasteiger partial charge in [0.1, 0.15) is 19.0 Å². The average molecular weight is 227 g/mol. The second-order valence-corrected chi connectivity index (χ2v) is 3.27. The molecule has 0 amide bonds. The molecule has 0 aliphatic heterocycles. The third-order valence-corrected chi connectivity index (χ3v) is 1.79. The molecule has 0 radical (unpaired) electrons. The molecule has 2 N–H and O–H groups in total. The summed E-state index contributed by atoms with van der Waals surface area (Å²) in [5.41, 5.74) is 5.41. The highest BCUT2D eigenvalue weighted by molar-refractivity contribution is 5.69. The molecular formula is C10H17N3O3. The Kier molecular flexibility index (Phi) is 5.35. The Morgan fingerprint density at radius 1 is 1.50 bits per heavy atom. The standard InChI is InChI=1S/C10H17N3O3/c1-2-5-15-6-7-16-10(14)8-13-4-3-9(11)12-13/h3-4H,2,5-8H2,1H3,(H2,11,12). The topological polar surface area (TPSA) is 79.4 Å². The minimum absolute atomic E-state index is 0.0744. The number of aromatic nitrogens is 2. The van der Waals surface area contributed by atoms with Crippen molar-refractivity contribution in [3.63, 3.8) is 0 Å². The first-order chi connectivity index (χ1) is 7.72. The lowest BCUT2D eigenvalue weighted by atomic mass is 10.5. The minimum atomic E-state index is -0.344. The average Bonchev–Trinajstić information content (AvgIpc) is 2.63. The van der Waals surface area contributed by atoms with Crippen LogP contribution in [0.1, 0.15) is 13.3 Å². The van der Waals surface area contributed by atoms with Gasteiger partial charge in [0, 0.05) is 12.8 Å². The predicted octanol–water partition coefficient (Wildman–Crippen LogP) is 0.435. The van der Waals surface area contributed by atoms with E-state index in [-0.39, 0.29) is 19.1 Å². The molecule has 0 bridgehead atoms. The van der Waals surface area contributed by atoms with Crippen molar-refractivity contribution in [3.05, 3.63) is 12.3 Å². The molecule has 16 heavy (non-hydrogen) atoms. The van der Waals surface area contributed by atoms with E-state index in [0.717, 1.165) is 6.42 Å². The quantitative estimate of drug-likeness (QED) is 0.540. The second kappa shape index (κ2) is 6.84. The number of carbonyl (C=O) groups is 1. The number of esters is 1. The van der Waals surface area contributed by atoms with Crippen molar-refractivity contribution in [2.45, 2.75) is 19.9 Å². The zero-order valence-electron chi connectivity index (χ0n) is 9.39. The molecular weight excluding hydrogens is 210 g/mol. The van der Waals surface area contributed by atoms with Crippen molar-refractivity contribution in [3.8, 4) is 0 Å². The van der Waals surface area contributed by atoms with E-state index < -0.39 is 0 Å². The molecule has 0 unspecified atom stereocenters. The summed E-state index contributed by atoms with van der Waals surface area (Å²) in [5.74, 6) is 0.0438. The Hall–Kier alpha value is -1.56. The number of nitrogens with two attached hydrogens (primary N) is 1. The van der Waals surface area contributed by atoms with E-state index in [2.05, 4.69) is 5.10 Å². The number of ether oxygens (including phenoxy) is 2. The molecule has 0 aliphatic carbocycles. The van der Waals surface area contributed by atoms with Gasteiger partial charge < -0.3 is 15.2 Å². The fourth-order valence-corrected chi connectivity index (χ4v) is 1.10. The molecule has 0 atom stereocenters. The molecule has 1 aromatic heterocycles. The Bertz CT molecular complexity index is 325. The zero-order valence-corrected chi connectivity index (χ0v) is 9.39. The first-order valence-corrected chi connectivity index (χ1v) is 5.24. The summed E-state index contributed by atoms with van der Waals surface area (Å²) < 4.78 is 11.5. The van der Waals surface area contributed by atoms with Crippen LogP contribution in [0.15, 0.2) is 12.3 Å². The van der Waals surface area contributed by atoms with E-state index in [1.165, 1.54) is 4.68 Å². The summed E-state index contributed by atoms with van der Waals surface area (Å²) in [6.07, 6.45) is 2.59. The highest BCUT2D eigenvalue weighted by Gasteiger charge is 2.04. The number of hydrogen-bond donors (Lipinski definition) is 1. The number of rotatable bonds is 7. The summed E-state index contributed by atoms with van der Waals surface area (Å²) in [6, 6.07) is 1.62. The lowest BCUT2D eigenvalue weighted by Gasteiger charge is -2.05. The van der Waals surface area contributed by atoms with Gasteiger partial charge in [-0.3, -0.25) is 9.48 Å². The smallest absolute Gasteiger partial charge is 0.327 e. The van der Waals surface area contributed by atoms with Crippen LogP contribution < -0.4 is 5.73 Å². The van der Waals surface area contributed by atoms with Crippen LogP contribution in [0.25, 0.3) is 0 Å². The molecule has 1 aromatic rings. The minimum Gasteiger partial charge on any atom is -0.462 e. The van der Waals surface area contributed by atoms with Gasteiger partial charge in [-0.2, -0.15) is 5.10 Å². The second-order valence-electron chi connectivity index (χ2n) is 3.27. The normalized spacial score (nSPS) is 10.3. The van der Waals surface area contributed by atoms with E-state index in [0.29, 0.717) is 19.0 Å². The van der Waals surface area contributed by atoms with Gasteiger partial charge in [-0.15, -0.1) is 0 Å². The van der Waals surface area contributed by atoms with Crippen molar-refractivity contribution in [1.29, 1.82) is 0 Å². The van der Waals surface area contributed by atoms with Gasteiger partial charge in [0.2, 0.25) is 0 Å². The number of nitrogens with zero attached hydrogens (tertiary/aromatic N) is 2. The highest BCUT2D eigenvalue weighted by Crippen LogP contribution is 1.96. The lowest BCUT2D eigenvalue weighted by Crippen LogP contribution is -2.17. The first-order valence-electron chi connectivity index (χ1n) is 5.24. The molecule has 0 saturated carbocycles. The molecule has 0 fully saturated rings. The Morgan fingerprint density at radius 2 is 2.31 bits per heavy atom. The van der Waals surface area contributed by atoms with Crippen LogP contribution >= 0.6 is 0 Å². The maximum absolute atomic E-state index is 11.3. The number of anilines is 1. The van der Waals surface area contributed by atoms with Crippen LogP contribution in [0.3, 0.4) is 0 Å². The Labute approximate surface area is 94.3 Å². The maximum Gasteiger partial charge on any atom is 0.327 e. The molecule has 0 saturated heterocycles. The van der Waals surface area contributed by atoms with E-state index in [4.69, 9.17) is 15.2 Å². The van der Waals surface area contributed by atoms with Crippen LogP contribution in [0.2, 0.25) is 0 Å². The summed E-state index contributed by atoms with van der Waals surface area (Å²) in [7, 11) is 0. The van der Waals surface area contributed by atoms with Crippen LogP contribution in [0, 0.1) is 0 Å². The molecule has 90 valence electrons. The van der Waals surface area contributed by atoms with Crippen molar-refractivity contribution in [2.24, 2.45) is 0 Å². The van der Waals surface area contributed by atoms with E-state index in [9.17, 15) is 4.79 Å². The van der Waals surface area contributed by atoms with Crippen LogP contribution in [-0.2, 0) is 20.8 Å². The van der Waals surface area contributed by atoms with Crippen LogP contribution in [-0.4, -0.2) is 35.6 Å². The van der Waals surface area contributed by atoms with Gasteiger partial charge in [0.15, 0.2) is 0 Å². The SMILES string of the molecule is CCCOCCOC(=O)Cn1ccc(N)n1. The third-order valence-electron chi connectivity index (χ3n) is 1.79. The molecule has 1 rings (SSSR count). The van der Waals surface area contributed by atoms with Crippen LogP contribution in [0.4, 0.5) is 5.82 Å². The van der Waals surface area contributed by atoms with Crippen molar-refractivity contribution >= 4 is 11.8 Å². The Balaban J connectivity index is 2.11. The largest absolute Gasteiger partial charge is 0.462 e.